The van der Waals surface area contributed by atoms with E-state index in [9.17, 15) is 0 Å². The van der Waals surface area contributed by atoms with Crippen molar-refractivity contribution in [3.05, 3.63) is 22.4 Å². The van der Waals surface area contributed by atoms with E-state index in [4.69, 9.17) is 4.74 Å². The normalized spacial score (nSPS) is 25.4. The Labute approximate surface area is 107 Å². The van der Waals surface area contributed by atoms with E-state index < -0.39 is 0 Å². The fraction of sp³-hybridized carbons (Fsp3) is 0.692. The smallest absolute Gasteiger partial charge is 0.0826 e. The third-order valence-corrected chi connectivity index (χ3v) is 4.20. The highest BCUT2D eigenvalue weighted by atomic mass is 32.1. The van der Waals surface area contributed by atoms with Gasteiger partial charge in [0.25, 0.3) is 0 Å². The Balaban J connectivity index is 1.56. The van der Waals surface area contributed by atoms with Crippen LogP contribution in [0.2, 0.25) is 0 Å². The van der Waals surface area contributed by atoms with Crippen LogP contribution in [0.1, 0.15) is 18.4 Å². The first-order chi connectivity index (χ1) is 8.42. The zero-order valence-electron chi connectivity index (χ0n) is 10.1. The van der Waals surface area contributed by atoms with Crippen LogP contribution in [-0.4, -0.2) is 43.3 Å². The molecule has 0 bridgehead atoms. The zero-order valence-corrected chi connectivity index (χ0v) is 10.9. The summed E-state index contributed by atoms with van der Waals surface area (Å²) >= 11 is 1.79. The van der Waals surface area contributed by atoms with Crippen molar-refractivity contribution in [2.24, 2.45) is 0 Å². The van der Waals surface area contributed by atoms with Crippen LogP contribution in [0.25, 0.3) is 0 Å². The maximum absolute atomic E-state index is 5.80. The Morgan fingerprint density at radius 1 is 1.47 bits per heavy atom. The second-order valence-electron chi connectivity index (χ2n) is 4.99. The minimum atomic E-state index is 0.378. The van der Waals surface area contributed by atoms with Crippen molar-refractivity contribution >= 4 is 11.3 Å². The molecule has 1 aliphatic heterocycles. The molecule has 1 atom stereocenters. The van der Waals surface area contributed by atoms with E-state index in [1.165, 1.54) is 18.4 Å². The summed E-state index contributed by atoms with van der Waals surface area (Å²) < 4.78 is 5.80. The van der Waals surface area contributed by atoms with E-state index in [1.807, 2.05) is 0 Å². The van der Waals surface area contributed by atoms with Crippen molar-refractivity contribution in [1.82, 2.24) is 10.2 Å². The number of morpholine rings is 1. The highest BCUT2D eigenvalue weighted by Crippen LogP contribution is 2.29. The fourth-order valence-corrected chi connectivity index (χ4v) is 3.06. The van der Waals surface area contributed by atoms with E-state index in [0.29, 0.717) is 6.10 Å². The van der Waals surface area contributed by atoms with Crippen molar-refractivity contribution in [1.29, 1.82) is 0 Å². The van der Waals surface area contributed by atoms with E-state index >= 15 is 0 Å². The molecule has 0 amide bonds. The lowest BCUT2D eigenvalue weighted by molar-refractivity contribution is 0.00222. The number of nitrogens with zero attached hydrogens (tertiary/aromatic N) is 1. The van der Waals surface area contributed by atoms with Crippen LogP contribution in [0.5, 0.6) is 0 Å². The van der Waals surface area contributed by atoms with E-state index in [1.54, 1.807) is 11.3 Å². The zero-order chi connectivity index (χ0) is 11.5. The number of ether oxygens (including phenoxy) is 1. The third-order valence-electron chi connectivity index (χ3n) is 3.47. The summed E-state index contributed by atoms with van der Waals surface area (Å²) in [5.41, 5.74) is 1.45. The lowest BCUT2D eigenvalue weighted by atomic mass is 10.2. The molecule has 1 N–H and O–H groups in total. The maximum Gasteiger partial charge on any atom is 0.0826 e. The molecule has 2 aliphatic rings. The molecule has 3 rings (SSSR count). The average molecular weight is 252 g/mol. The second kappa shape index (κ2) is 5.48. The van der Waals surface area contributed by atoms with Crippen molar-refractivity contribution in [3.63, 3.8) is 0 Å². The molecule has 0 radical (unpaired) electrons. The van der Waals surface area contributed by atoms with Crippen LogP contribution in [0.4, 0.5) is 0 Å². The highest BCUT2D eigenvalue weighted by Gasteiger charge is 2.31. The van der Waals surface area contributed by atoms with Crippen molar-refractivity contribution in [2.45, 2.75) is 31.5 Å². The van der Waals surface area contributed by atoms with Crippen LogP contribution in [0.3, 0.4) is 0 Å². The number of hydrogen-bond donors (Lipinski definition) is 1. The molecule has 1 aliphatic carbocycles. The Kier molecular flexibility index (Phi) is 3.76. The quantitative estimate of drug-likeness (QED) is 0.863. The first-order valence-corrected chi connectivity index (χ1v) is 7.43. The molecule has 0 spiro atoms. The summed E-state index contributed by atoms with van der Waals surface area (Å²) in [7, 11) is 0. The molecule has 1 unspecified atom stereocenters. The van der Waals surface area contributed by atoms with Gasteiger partial charge in [-0.3, -0.25) is 4.90 Å². The summed E-state index contributed by atoms with van der Waals surface area (Å²) in [6.07, 6.45) is 3.11. The van der Waals surface area contributed by atoms with Gasteiger partial charge in [0, 0.05) is 32.2 Å². The van der Waals surface area contributed by atoms with Gasteiger partial charge < -0.3 is 10.1 Å². The Morgan fingerprint density at radius 3 is 3.06 bits per heavy atom. The third kappa shape index (κ3) is 3.28. The van der Waals surface area contributed by atoms with Gasteiger partial charge >= 0.3 is 0 Å². The standard InChI is InChI=1S/C13H20N2OS/c1-2-12(1)15(8-11-3-6-17-10-11)9-13-7-14-4-5-16-13/h3,6,10,12-14H,1-2,4-5,7-9H2. The second-order valence-corrected chi connectivity index (χ2v) is 5.77. The molecular formula is C13H20N2OS. The lowest BCUT2D eigenvalue weighted by Gasteiger charge is -2.30. The molecule has 4 heteroatoms. The highest BCUT2D eigenvalue weighted by molar-refractivity contribution is 7.07. The van der Waals surface area contributed by atoms with Gasteiger partial charge in [-0.15, -0.1) is 0 Å². The van der Waals surface area contributed by atoms with Crippen LogP contribution < -0.4 is 5.32 Å². The van der Waals surface area contributed by atoms with Crippen LogP contribution in [0, 0.1) is 0 Å². The van der Waals surface area contributed by atoms with Gasteiger partial charge in [-0.1, -0.05) is 0 Å². The van der Waals surface area contributed by atoms with Crippen molar-refractivity contribution < 1.29 is 4.74 Å². The Morgan fingerprint density at radius 2 is 2.41 bits per heavy atom. The molecule has 3 nitrogen and oxygen atoms in total. The summed E-state index contributed by atoms with van der Waals surface area (Å²) in [5.74, 6) is 0. The molecule has 1 saturated heterocycles. The number of thiophene rings is 1. The average Bonchev–Trinajstić information content (AvgIpc) is 3.09. The first kappa shape index (κ1) is 11.7. The predicted octanol–water partition coefficient (Wildman–Crippen LogP) is 1.70. The SMILES string of the molecule is c1cc(CN(CC2CNCCO2)C2CC2)cs1. The molecule has 2 heterocycles. The molecule has 94 valence electrons. The van der Waals surface area contributed by atoms with Gasteiger partial charge in [-0.05, 0) is 35.2 Å². The minimum Gasteiger partial charge on any atom is -0.374 e. The molecule has 1 saturated carbocycles. The van der Waals surface area contributed by atoms with Gasteiger partial charge in [0.1, 0.15) is 0 Å². The van der Waals surface area contributed by atoms with Gasteiger partial charge in [-0.25, -0.2) is 0 Å². The number of rotatable bonds is 5. The topological polar surface area (TPSA) is 24.5 Å². The fourth-order valence-electron chi connectivity index (χ4n) is 2.40. The summed E-state index contributed by atoms with van der Waals surface area (Å²) in [5, 5.41) is 7.83. The van der Waals surface area contributed by atoms with E-state index in [2.05, 4.69) is 27.0 Å². The molecule has 1 aromatic heterocycles. The van der Waals surface area contributed by atoms with Crippen LogP contribution in [0.15, 0.2) is 16.8 Å². The molecule has 1 aromatic rings. The monoisotopic (exact) mass is 252 g/mol. The molecule has 17 heavy (non-hydrogen) atoms. The Bertz CT molecular complexity index is 331. The molecule has 0 aromatic carbocycles. The van der Waals surface area contributed by atoms with Crippen LogP contribution in [-0.2, 0) is 11.3 Å². The predicted molar refractivity (Wildman–Crippen MR) is 70.4 cm³/mol. The Hall–Kier alpha value is -0.420. The van der Waals surface area contributed by atoms with Crippen molar-refractivity contribution in [2.75, 3.05) is 26.2 Å². The van der Waals surface area contributed by atoms with Crippen LogP contribution >= 0.6 is 11.3 Å². The van der Waals surface area contributed by atoms with E-state index in [-0.39, 0.29) is 0 Å². The summed E-state index contributed by atoms with van der Waals surface area (Å²) in [6.45, 7) is 5.04. The molecular weight excluding hydrogens is 232 g/mol. The van der Waals surface area contributed by atoms with Gasteiger partial charge in [-0.2, -0.15) is 11.3 Å². The molecule has 2 fully saturated rings. The van der Waals surface area contributed by atoms with Gasteiger partial charge in [0.05, 0.1) is 12.7 Å². The number of nitrogens with one attached hydrogen (secondary N) is 1. The first-order valence-electron chi connectivity index (χ1n) is 6.49. The maximum atomic E-state index is 5.80. The lowest BCUT2D eigenvalue weighted by Crippen LogP contribution is -2.45. The largest absolute Gasteiger partial charge is 0.374 e. The summed E-state index contributed by atoms with van der Waals surface area (Å²) in [6, 6.07) is 3.04. The van der Waals surface area contributed by atoms with Gasteiger partial charge in [0.15, 0.2) is 0 Å². The van der Waals surface area contributed by atoms with Gasteiger partial charge in [0.2, 0.25) is 0 Å². The summed E-state index contributed by atoms with van der Waals surface area (Å²) in [4.78, 5) is 2.60. The number of hydrogen-bond acceptors (Lipinski definition) is 4. The minimum absolute atomic E-state index is 0.378. The van der Waals surface area contributed by atoms with Crippen molar-refractivity contribution in [3.8, 4) is 0 Å². The van der Waals surface area contributed by atoms with E-state index in [0.717, 1.165) is 38.8 Å².